The summed E-state index contributed by atoms with van der Waals surface area (Å²) < 4.78 is 0. The first-order valence-electron chi connectivity index (χ1n) is 0.894. The predicted molar refractivity (Wildman–Crippen MR) is 19.9 cm³/mol. The van der Waals surface area contributed by atoms with Crippen LogP contribution in [0.25, 0.3) is 0 Å². The fourth-order valence-corrected chi connectivity index (χ4v) is 0. The van der Waals surface area contributed by atoms with Gasteiger partial charge in [0.15, 0.2) is 0 Å². The van der Waals surface area contributed by atoms with E-state index in [4.69, 9.17) is 47.3 Å². The van der Waals surface area contributed by atoms with Crippen molar-refractivity contribution in [3.8, 4) is 0 Å². The molecule has 0 aliphatic heterocycles. The van der Waals surface area contributed by atoms with Gasteiger partial charge in [0, 0.05) is 0 Å². The second-order valence-corrected chi connectivity index (χ2v) is 0. The number of rotatable bonds is 0. The first kappa shape index (κ1) is 43.0. The summed E-state index contributed by atoms with van der Waals surface area (Å²) in [5.41, 5.74) is 0. The third-order valence-electron chi connectivity index (χ3n) is 0. The maximum Gasteiger partial charge on any atom is 1.00 e. The van der Waals surface area contributed by atoms with E-state index in [1.165, 1.54) is 0 Å². The van der Waals surface area contributed by atoms with Crippen LogP contribution in [0, 0.1) is 47.3 Å². The molecule has 0 bridgehead atoms. The molecule has 0 aromatic carbocycles. The fourth-order valence-electron chi connectivity index (χ4n) is 0. The molecular weight excluding hydrogens is 182 g/mol. The molecule has 0 heterocycles. The summed E-state index contributed by atoms with van der Waals surface area (Å²) in [7, 11) is 0. The molecule has 0 saturated carbocycles. The summed E-state index contributed by atoms with van der Waals surface area (Å²) in [6.07, 6.45) is 0. The summed E-state index contributed by atoms with van der Waals surface area (Å²) in [4.78, 5) is 0. The second kappa shape index (κ2) is 574. The van der Waals surface area contributed by atoms with Gasteiger partial charge in [0.25, 0.3) is 0 Å². The van der Waals surface area contributed by atoms with Crippen molar-refractivity contribution < 1.29 is 103 Å². The van der Waals surface area contributed by atoms with E-state index in [0.29, 0.717) is 0 Å². The molecule has 0 saturated heterocycles. The van der Waals surface area contributed by atoms with Gasteiger partial charge in [-0.1, -0.05) is 0 Å². The van der Waals surface area contributed by atoms with E-state index in [1.807, 2.05) is 0 Å². The molecule has 0 N–H and O–H groups in total. The van der Waals surface area contributed by atoms with Crippen LogP contribution in [0.5, 0.6) is 0 Å². The first-order valence-corrected chi connectivity index (χ1v) is 0.894. The standard InChI is InChI=1S/4CN.2K/c4*1-2;;/q4*-1;2*+1. The van der Waals surface area contributed by atoms with Crippen LogP contribution in [0.4, 0.5) is 0 Å². The molecule has 0 fully saturated rings. The maximum atomic E-state index is 6.25. The second-order valence-electron chi connectivity index (χ2n) is 0. The Balaban J connectivity index is -0.00000000500. The zero-order chi connectivity index (χ0) is 8.00. The quantitative estimate of drug-likeness (QED) is 0.276. The van der Waals surface area contributed by atoms with Crippen LogP contribution in [0.3, 0.4) is 0 Å². The van der Waals surface area contributed by atoms with Crippen LogP contribution < -0.4 is 103 Å². The Morgan fingerprint density at radius 3 is 0.400 bits per heavy atom. The SMILES string of the molecule is [C-]#N.[C-]#N.[C-]#N.[C-]#N.[K+].[K+]. The van der Waals surface area contributed by atoms with Gasteiger partial charge in [0.05, 0.1) is 0 Å². The molecule has 0 aliphatic rings. The zero-order valence-corrected chi connectivity index (χ0v) is 12.0. The largest absolute Gasteiger partial charge is 1.00 e. The third-order valence-corrected chi connectivity index (χ3v) is 0. The number of hydrogen-bond donors (Lipinski definition) is 0. The zero-order valence-electron chi connectivity index (χ0n) is 5.79. The van der Waals surface area contributed by atoms with Crippen LogP contribution in [-0.4, -0.2) is 0 Å². The number of hydrogen-bond acceptors (Lipinski definition) is 4. The normalized spacial score (nSPS) is 0.800. The molecule has 0 spiro atoms. The molecule has 4 nitrogen and oxygen atoms in total. The van der Waals surface area contributed by atoms with E-state index < -0.39 is 0 Å². The Morgan fingerprint density at radius 2 is 0.400 bits per heavy atom. The van der Waals surface area contributed by atoms with Gasteiger partial charge >= 0.3 is 103 Å². The van der Waals surface area contributed by atoms with Gasteiger partial charge in [-0.25, -0.2) is 0 Å². The molecule has 10 heavy (non-hydrogen) atoms. The summed E-state index contributed by atoms with van der Waals surface area (Å²) in [6, 6.07) is 0. The van der Waals surface area contributed by atoms with Crippen molar-refractivity contribution in [1.29, 1.82) is 21.0 Å². The Kier molecular flexibility index (Phi) is 2470. The Hall–Kier alpha value is 1.23. The molecule has 0 rings (SSSR count). The molecule has 0 radical (unpaired) electrons. The summed E-state index contributed by atoms with van der Waals surface area (Å²) in [6.45, 7) is 19.0. The van der Waals surface area contributed by atoms with Crippen molar-refractivity contribution in [1.82, 2.24) is 0 Å². The van der Waals surface area contributed by atoms with Gasteiger partial charge in [-0.05, 0) is 0 Å². The van der Waals surface area contributed by atoms with Crippen molar-refractivity contribution in [2.75, 3.05) is 0 Å². The van der Waals surface area contributed by atoms with E-state index >= 15 is 0 Å². The number of nitrogens with zero attached hydrogens (tertiary/aromatic N) is 4. The van der Waals surface area contributed by atoms with Crippen LogP contribution >= 0.6 is 0 Å². The van der Waals surface area contributed by atoms with E-state index in [0.717, 1.165) is 0 Å². The molecular formula is C4K2N4-2. The van der Waals surface area contributed by atoms with E-state index in [1.54, 1.807) is 0 Å². The van der Waals surface area contributed by atoms with Gasteiger partial charge < -0.3 is 47.3 Å². The van der Waals surface area contributed by atoms with E-state index in [2.05, 4.69) is 0 Å². The van der Waals surface area contributed by atoms with Gasteiger partial charge in [-0.2, -0.15) is 0 Å². The smallest absolute Gasteiger partial charge is 0.512 e. The maximum absolute atomic E-state index is 6.25. The van der Waals surface area contributed by atoms with Crippen LogP contribution in [0.1, 0.15) is 0 Å². The molecule has 0 aromatic rings. The minimum atomic E-state index is 0. The van der Waals surface area contributed by atoms with Gasteiger partial charge in [0.1, 0.15) is 0 Å². The first-order chi connectivity index (χ1) is 4.00. The van der Waals surface area contributed by atoms with Crippen molar-refractivity contribution >= 4 is 0 Å². The van der Waals surface area contributed by atoms with Crippen LogP contribution in [0.15, 0.2) is 0 Å². The van der Waals surface area contributed by atoms with Crippen molar-refractivity contribution in [2.45, 2.75) is 0 Å². The average Bonchev–Trinajstić information content (AvgIpc) is 2.03. The Morgan fingerprint density at radius 1 is 0.400 bits per heavy atom. The molecule has 6 heteroatoms. The summed E-state index contributed by atoms with van der Waals surface area (Å²) >= 11 is 0. The topological polar surface area (TPSA) is 95.2 Å². The Bertz CT molecular complexity index is 58.2. The van der Waals surface area contributed by atoms with Gasteiger partial charge in [0.2, 0.25) is 0 Å². The monoisotopic (exact) mass is 182 g/mol. The molecule has 40 valence electrons. The molecule has 0 atom stereocenters. The predicted octanol–water partition coefficient (Wildman–Crippen LogP) is -5.61. The molecule has 0 aliphatic carbocycles. The van der Waals surface area contributed by atoms with Crippen LogP contribution in [-0.2, 0) is 0 Å². The van der Waals surface area contributed by atoms with Gasteiger partial charge in [-0.3, -0.25) is 0 Å². The molecule has 0 unspecified atom stereocenters. The third kappa shape index (κ3) is 412. The van der Waals surface area contributed by atoms with Crippen LogP contribution in [0.2, 0.25) is 0 Å². The van der Waals surface area contributed by atoms with Gasteiger partial charge in [-0.15, -0.1) is 0 Å². The summed E-state index contributed by atoms with van der Waals surface area (Å²) in [5.74, 6) is 0. The van der Waals surface area contributed by atoms with E-state index in [-0.39, 0.29) is 103 Å². The Labute approximate surface area is 146 Å². The minimum absolute atomic E-state index is 0. The average molecular weight is 182 g/mol. The molecule has 0 amide bonds. The van der Waals surface area contributed by atoms with Crippen molar-refractivity contribution in [3.05, 3.63) is 26.3 Å². The summed E-state index contributed by atoms with van der Waals surface area (Å²) in [5, 5.41) is 25.0. The van der Waals surface area contributed by atoms with E-state index in [9.17, 15) is 0 Å². The minimum Gasteiger partial charge on any atom is -0.512 e. The fraction of sp³-hybridized carbons (Fsp3) is 0. The van der Waals surface area contributed by atoms with Crippen molar-refractivity contribution in [3.63, 3.8) is 0 Å². The van der Waals surface area contributed by atoms with Crippen molar-refractivity contribution in [2.24, 2.45) is 0 Å². The molecule has 0 aromatic heterocycles.